The van der Waals surface area contributed by atoms with Gasteiger partial charge in [0.15, 0.2) is 0 Å². The molecule has 0 bridgehead atoms. The standard InChI is InChI=1S/C34H40N2/c1-23(2)29-21-13-15-25(5)31(29)35-33(27-17-9-7-10-18-27)34(28-19-11-8-12-20-28)36-32-26(6)16-14-22-30(32)24(3)4/h7-24,33-36H,1-6H3/t33-,34-/m0/s1. The highest BCUT2D eigenvalue weighted by molar-refractivity contribution is 5.63. The number of nitrogens with one attached hydrogen (secondary N) is 2. The fourth-order valence-corrected chi connectivity index (χ4v) is 5.09. The minimum Gasteiger partial charge on any atom is -0.375 e. The average molecular weight is 477 g/mol. The number of rotatable bonds is 9. The van der Waals surface area contributed by atoms with Gasteiger partial charge in [-0.15, -0.1) is 0 Å². The summed E-state index contributed by atoms with van der Waals surface area (Å²) in [6.45, 7) is 13.5. The molecule has 0 spiro atoms. The Hall–Kier alpha value is -3.52. The second-order valence-corrected chi connectivity index (χ2v) is 10.5. The van der Waals surface area contributed by atoms with E-state index < -0.39 is 0 Å². The van der Waals surface area contributed by atoms with Crippen molar-refractivity contribution in [1.82, 2.24) is 0 Å². The highest BCUT2D eigenvalue weighted by atomic mass is 15.0. The van der Waals surface area contributed by atoms with E-state index in [-0.39, 0.29) is 12.1 Å². The van der Waals surface area contributed by atoms with E-state index in [0.717, 1.165) is 0 Å². The predicted molar refractivity (Wildman–Crippen MR) is 156 cm³/mol. The van der Waals surface area contributed by atoms with Gasteiger partial charge in [0, 0.05) is 11.4 Å². The van der Waals surface area contributed by atoms with Crippen LogP contribution < -0.4 is 10.6 Å². The maximum Gasteiger partial charge on any atom is 0.0757 e. The Kier molecular flexibility index (Phi) is 8.15. The lowest BCUT2D eigenvalue weighted by Crippen LogP contribution is -2.27. The van der Waals surface area contributed by atoms with Gasteiger partial charge in [-0.2, -0.15) is 0 Å². The number of anilines is 2. The molecule has 2 nitrogen and oxygen atoms in total. The molecule has 0 radical (unpaired) electrons. The van der Waals surface area contributed by atoms with E-state index in [1.807, 2.05) is 0 Å². The monoisotopic (exact) mass is 476 g/mol. The predicted octanol–water partition coefficient (Wildman–Crippen LogP) is 9.56. The third kappa shape index (κ3) is 5.65. The summed E-state index contributed by atoms with van der Waals surface area (Å²) in [5, 5.41) is 8.08. The van der Waals surface area contributed by atoms with Crippen molar-refractivity contribution in [2.75, 3.05) is 10.6 Å². The van der Waals surface area contributed by atoms with Crippen LogP contribution in [0.5, 0.6) is 0 Å². The summed E-state index contributed by atoms with van der Waals surface area (Å²) in [6, 6.07) is 35.0. The molecule has 2 heteroatoms. The van der Waals surface area contributed by atoms with Crippen LogP contribution in [0, 0.1) is 13.8 Å². The molecule has 0 unspecified atom stereocenters. The van der Waals surface area contributed by atoms with Crippen LogP contribution in [-0.2, 0) is 0 Å². The lowest BCUT2D eigenvalue weighted by atomic mass is 9.89. The van der Waals surface area contributed by atoms with Gasteiger partial charge in [0.1, 0.15) is 0 Å². The zero-order chi connectivity index (χ0) is 25.7. The first-order valence-electron chi connectivity index (χ1n) is 13.2. The molecule has 0 saturated carbocycles. The van der Waals surface area contributed by atoms with Crippen LogP contribution in [0.4, 0.5) is 11.4 Å². The Balaban J connectivity index is 1.89. The summed E-state index contributed by atoms with van der Waals surface area (Å²) < 4.78 is 0. The van der Waals surface area contributed by atoms with Crippen molar-refractivity contribution in [3.63, 3.8) is 0 Å². The Bertz CT molecular complexity index is 1160. The van der Waals surface area contributed by atoms with Gasteiger partial charge in [-0.3, -0.25) is 0 Å². The average Bonchev–Trinajstić information content (AvgIpc) is 2.88. The summed E-state index contributed by atoms with van der Waals surface area (Å²) in [4.78, 5) is 0. The van der Waals surface area contributed by atoms with Gasteiger partial charge in [-0.1, -0.05) is 125 Å². The fraction of sp³-hybridized carbons (Fsp3) is 0.294. The maximum absolute atomic E-state index is 4.04. The van der Waals surface area contributed by atoms with Crippen molar-refractivity contribution in [1.29, 1.82) is 0 Å². The van der Waals surface area contributed by atoms with Gasteiger partial charge < -0.3 is 10.6 Å². The zero-order valence-electron chi connectivity index (χ0n) is 22.5. The summed E-state index contributed by atoms with van der Waals surface area (Å²) in [5.41, 5.74) is 10.2. The van der Waals surface area contributed by atoms with Crippen molar-refractivity contribution >= 4 is 11.4 Å². The highest BCUT2D eigenvalue weighted by Gasteiger charge is 2.28. The molecule has 4 rings (SSSR count). The zero-order valence-corrected chi connectivity index (χ0v) is 22.5. The third-order valence-electron chi connectivity index (χ3n) is 7.10. The fourth-order valence-electron chi connectivity index (χ4n) is 5.09. The molecule has 0 aliphatic rings. The molecule has 0 aliphatic carbocycles. The van der Waals surface area contributed by atoms with Gasteiger partial charge in [-0.25, -0.2) is 0 Å². The molecule has 4 aromatic rings. The Labute approximate surface area is 217 Å². The van der Waals surface area contributed by atoms with Crippen molar-refractivity contribution in [2.45, 2.75) is 65.5 Å². The van der Waals surface area contributed by atoms with Gasteiger partial charge in [0.2, 0.25) is 0 Å². The van der Waals surface area contributed by atoms with Crippen molar-refractivity contribution in [3.8, 4) is 0 Å². The SMILES string of the molecule is Cc1cccc(C(C)C)c1N[C@@H](c1ccccc1)[C@@H](Nc1c(C)cccc1C(C)C)c1ccccc1. The van der Waals surface area contributed by atoms with Gasteiger partial charge in [0.25, 0.3) is 0 Å². The molecular weight excluding hydrogens is 436 g/mol. The molecule has 36 heavy (non-hydrogen) atoms. The summed E-state index contributed by atoms with van der Waals surface area (Å²) in [6.07, 6.45) is 0. The van der Waals surface area contributed by atoms with E-state index in [1.54, 1.807) is 0 Å². The lowest BCUT2D eigenvalue weighted by molar-refractivity contribution is 0.644. The van der Waals surface area contributed by atoms with E-state index in [0.29, 0.717) is 11.8 Å². The quantitative estimate of drug-likeness (QED) is 0.251. The molecule has 0 saturated heterocycles. The van der Waals surface area contributed by atoms with E-state index in [4.69, 9.17) is 0 Å². The lowest BCUT2D eigenvalue weighted by Gasteiger charge is -2.34. The van der Waals surface area contributed by atoms with E-state index in [2.05, 4.69) is 149 Å². The van der Waals surface area contributed by atoms with Crippen LogP contribution in [0.25, 0.3) is 0 Å². The van der Waals surface area contributed by atoms with Crippen LogP contribution in [0.1, 0.15) is 85.0 Å². The summed E-state index contributed by atoms with van der Waals surface area (Å²) in [7, 11) is 0. The Morgan fingerprint density at radius 2 is 0.806 bits per heavy atom. The second kappa shape index (κ2) is 11.5. The first kappa shape index (κ1) is 25.6. The Morgan fingerprint density at radius 1 is 0.444 bits per heavy atom. The van der Waals surface area contributed by atoms with Crippen LogP contribution in [-0.4, -0.2) is 0 Å². The van der Waals surface area contributed by atoms with Crippen LogP contribution >= 0.6 is 0 Å². The summed E-state index contributed by atoms with van der Waals surface area (Å²) in [5.74, 6) is 0.853. The van der Waals surface area contributed by atoms with Crippen molar-refractivity contribution < 1.29 is 0 Å². The second-order valence-electron chi connectivity index (χ2n) is 10.5. The number of hydrogen-bond acceptors (Lipinski definition) is 2. The first-order chi connectivity index (χ1) is 17.4. The molecule has 2 N–H and O–H groups in total. The third-order valence-corrected chi connectivity index (χ3v) is 7.10. The van der Waals surface area contributed by atoms with E-state index in [1.165, 1.54) is 44.8 Å². The molecule has 0 aromatic heterocycles. The molecule has 0 amide bonds. The van der Waals surface area contributed by atoms with Crippen molar-refractivity contribution in [2.24, 2.45) is 0 Å². The topological polar surface area (TPSA) is 24.1 Å². The molecule has 2 atom stereocenters. The molecule has 186 valence electrons. The van der Waals surface area contributed by atoms with Gasteiger partial charge in [-0.05, 0) is 59.1 Å². The largest absolute Gasteiger partial charge is 0.375 e. The van der Waals surface area contributed by atoms with Crippen LogP contribution in [0.3, 0.4) is 0 Å². The number of para-hydroxylation sites is 2. The molecular formula is C34H40N2. The first-order valence-corrected chi connectivity index (χ1v) is 13.2. The van der Waals surface area contributed by atoms with E-state index in [9.17, 15) is 0 Å². The minimum atomic E-state index is 0.0202. The molecule has 4 aromatic carbocycles. The Morgan fingerprint density at radius 3 is 1.14 bits per heavy atom. The summed E-state index contributed by atoms with van der Waals surface area (Å²) >= 11 is 0. The minimum absolute atomic E-state index is 0.0202. The molecule has 0 fully saturated rings. The smallest absolute Gasteiger partial charge is 0.0757 e. The normalized spacial score (nSPS) is 13.0. The molecule has 0 aliphatic heterocycles. The van der Waals surface area contributed by atoms with Crippen LogP contribution in [0.15, 0.2) is 97.1 Å². The van der Waals surface area contributed by atoms with Crippen molar-refractivity contribution in [3.05, 3.63) is 130 Å². The number of aryl methyl sites for hydroxylation is 2. The maximum atomic E-state index is 4.04. The number of benzene rings is 4. The highest BCUT2D eigenvalue weighted by Crippen LogP contribution is 2.40. The van der Waals surface area contributed by atoms with Crippen LogP contribution in [0.2, 0.25) is 0 Å². The van der Waals surface area contributed by atoms with Gasteiger partial charge >= 0.3 is 0 Å². The van der Waals surface area contributed by atoms with E-state index >= 15 is 0 Å². The molecule has 0 heterocycles. The van der Waals surface area contributed by atoms with Gasteiger partial charge in [0.05, 0.1) is 12.1 Å². The number of hydrogen-bond donors (Lipinski definition) is 2.